The molecule has 0 radical (unpaired) electrons. The summed E-state index contributed by atoms with van der Waals surface area (Å²) < 4.78 is 48.8. The van der Waals surface area contributed by atoms with E-state index in [-0.39, 0.29) is 64.1 Å². The minimum Gasteiger partial charge on any atom is -0.479 e. The van der Waals surface area contributed by atoms with Gasteiger partial charge in [0.2, 0.25) is 0 Å². The van der Waals surface area contributed by atoms with Crippen molar-refractivity contribution in [1.82, 2.24) is 0 Å². The van der Waals surface area contributed by atoms with Crippen LogP contribution in [0.15, 0.2) is 11.6 Å². The van der Waals surface area contributed by atoms with E-state index < -0.39 is 141 Å². The van der Waals surface area contributed by atoms with Gasteiger partial charge in [-0.15, -0.1) is 0 Å². The fourth-order valence-electron chi connectivity index (χ4n) is 16.3. The smallest absolute Gasteiger partial charge is 0.335 e. The molecule has 0 aromatic heterocycles. The average molecular weight is 1080 g/mol. The Morgan fingerprint density at radius 2 is 1.24 bits per heavy atom. The Kier molecular flexibility index (Phi) is 16.1. The molecule has 4 saturated heterocycles. The molecule has 9 rings (SSSR count). The van der Waals surface area contributed by atoms with Crippen LogP contribution in [0, 0.1) is 50.2 Å². The number of aliphatic carboxylic acids is 1. The highest BCUT2D eigenvalue weighted by Gasteiger charge is 2.70. The van der Waals surface area contributed by atoms with Crippen LogP contribution in [0.1, 0.15) is 113 Å². The molecule has 0 aromatic carbocycles. The number of rotatable bonds is 11. The minimum absolute atomic E-state index is 0.133. The van der Waals surface area contributed by atoms with Gasteiger partial charge in [0.25, 0.3) is 0 Å². The fourth-order valence-corrected chi connectivity index (χ4v) is 16.3. The van der Waals surface area contributed by atoms with Crippen LogP contribution < -0.4 is 0 Å². The molecule has 0 spiro atoms. The van der Waals surface area contributed by atoms with E-state index in [0.717, 1.165) is 38.5 Å². The van der Waals surface area contributed by atoms with Gasteiger partial charge in [0.05, 0.1) is 38.1 Å². The third kappa shape index (κ3) is 9.40. The SMILES string of the molecule is CC1OC(OC2C(OC3C(OC4CCC5(C)C(CCC6(C)C5CC=C5C7CC(C)(C)CC(OC8OCC(O)C(O)C8O)C7(C)CCC56C)C4(C)CO)OC(C(=O)O)C(O)C3O)OC(CO)C(O)C2O)C(O)C(O)C1O. The number of aliphatic hydroxyl groups is 12. The molecule has 22 heteroatoms. The fraction of sp³-hybridized carbons (Fsp3) is 0.943. The van der Waals surface area contributed by atoms with Crippen molar-refractivity contribution in [2.24, 2.45) is 50.2 Å². The first kappa shape index (κ1) is 58.1. The largest absolute Gasteiger partial charge is 0.479 e. The van der Waals surface area contributed by atoms with Gasteiger partial charge in [-0.05, 0) is 104 Å². The van der Waals surface area contributed by atoms with Crippen LogP contribution >= 0.6 is 0 Å². The summed E-state index contributed by atoms with van der Waals surface area (Å²) in [6.45, 7) is 15.9. The molecule has 8 fully saturated rings. The highest BCUT2D eigenvalue weighted by Crippen LogP contribution is 2.76. The van der Waals surface area contributed by atoms with Gasteiger partial charge < -0.3 is 104 Å². The zero-order valence-electron chi connectivity index (χ0n) is 44.4. The Morgan fingerprint density at radius 3 is 1.89 bits per heavy atom. The van der Waals surface area contributed by atoms with Crippen LogP contribution in [0.5, 0.6) is 0 Å². The van der Waals surface area contributed by atoms with Crippen LogP contribution in [0.4, 0.5) is 0 Å². The molecule has 75 heavy (non-hydrogen) atoms. The number of ether oxygens (including phenoxy) is 8. The van der Waals surface area contributed by atoms with E-state index in [9.17, 15) is 71.2 Å². The normalized spacial score (nSPS) is 55.9. The standard InChI is InChI=1S/C53H86O22/c1-22-31(57)34(60)39(65)45(69-22)74-41-35(61)33(59)26(19-54)70-46(41)75-42-37(63)36(62)40(43(66)67)73-47(42)71-29-12-13-50(5)27(51(29,6)21-55)11-14-53(8)28(50)10-9-23-24-17-48(2,3)18-30(49(24,4)15-16-52(23,53)7)72-44-38(64)32(58)25(56)20-68-44/h9,22,24-42,44-47,54-65H,10-21H2,1-8H3,(H,66,67). The summed E-state index contributed by atoms with van der Waals surface area (Å²) in [5.41, 5.74) is -0.772. The summed E-state index contributed by atoms with van der Waals surface area (Å²) in [5, 5.41) is 140. The molecule has 0 aromatic rings. The predicted octanol–water partition coefficient (Wildman–Crippen LogP) is -0.832. The predicted molar refractivity (Wildman–Crippen MR) is 257 cm³/mol. The lowest BCUT2D eigenvalue weighted by Gasteiger charge is -2.72. The van der Waals surface area contributed by atoms with Crippen molar-refractivity contribution < 1.29 is 109 Å². The van der Waals surface area contributed by atoms with E-state index in [0.29, 0.717) is 19.3 Å². The molecule has 5 aliphatic carbocycles. The third-order valence-electron chi connectivity index (χ3n) is 21.2. The number of hydrogen-bond donors (Lipinski definition) is 13. The zero-order valence-corrected chi connectivity index (χ0v) is 44.4. The second-order valence-electron chi connectivity index (χ2n) is 26.0. The van der Waals surface area contributed by atoms with E-state index in [1.54, 1.807) is 0 Å². The minimum atomic E-state index is -2.10. The molecule has 22 nitrogen and oxygen atoms in total. The number of carboxylic acids is 1. The van der Waals surface area contributed by atoms with Crippen LogP contribution in [0.25, 0.3) is 0 Å². The van der Waals surface area contributed by atoms with Gasteiger partial charge >= 0.3 is 5.97 Å². The van der Waals surface area contributed by atoms with E-state index >= 15 is 0 Å². The molecule has 9 aliphatic rings. The molecule has 4 aliphatic heterocycles. The Hall–Kier alpha value is -1.59. The highest BCUT2D eigenvalue weighted by atomic mass is 16.8. The van der Waals surface area contributed by atoms with Crippen molar-refractivity contribution in [1.29, 1.82) is 0 Å². The molecule has 4 saturated carbocycles. The maximum Gasteiger partial charge on any atom is 0.335 e. The second-order valence-corrected chi connectivity index (χ2v) is 26.0. The van der Waals surface area contributed by atoms with E-state index in [2.05, 4.69) is 47.6 Å². The van der Waals surface area contributed by atoms with E-state index in [1.165, 1.54) is 12.5 Å². The lowest BCUT2D eigenvalue weighted by atomic mass is 9.33. The molecule has 4 heterocycles. The summed E-state index contributed by atoms with van der Waals surface area (Å²) >= 11 is 0. The van der Waals surface area contributed by atoms with Gasteiger partial charge in [0, 0.05) is 10.8 Å². The number of fused-ring (bicyclic) bond motifs is 7. The van der Waals surface area contributed by atoms with Crippen LogP contribution in [0.3, 0.4) is 0 Å². The Bertz CT molecular complexity index is 2080. The van der Waals surface area contributed by atoms with Crippen molar-refractivity contribution in [3.8, 4) is 0 Å². The zero-order chi connectivity index (χ0) is 54.9. The maximum atomic E-state index is 12.6. The van der Waals surface area contributed by atoms with E-state index in [4.69, 9.17) is 37.9 Å². The number of allylic oxidation sites excluding steroid dienone is 2. The average Bonchev–Trinajstić information content (AvgIpc) is 3.37. The van der Waals surface area contributed by atoms with Crippen molar-refractivity contribution in [2.75, 3.05) is 19.8 Å². The lowest BCUT2D eigenvalue weighted by molar-refractivity contribution is -0.396. The summed E-state index contributed by atoms with van der Waals surface area (Å²) in [4.78, 5) is 12.6. The van der Waals surface area contributed by atoms with Gasteiger partial charge in [-0.2, -0.15) is 0 Å². The monoisotopic (exact) mass is 1070 g/mol. The Morgan fingerprint density at radius 1 is 0.613 bits per heavy atom. The van der Waals surface area contributed by atoms with E-state index in [1.807, 2.05) is 6.92 Å². The Labute approximate surface area is 437 Å². The maximum absolute atomic E-state index is 12.6. The van der Waals surface area contributed by atoms with Crippen molar-refractivity contribution >= 4 is 5.97 Å². The molecule has 29 atom stereocenters. The molecular weight excluding hydrogens is 989 g/mol. The van der Waals surface area contributed by atoms with Crippen LogP contribution in [0.2, 0.25) is 0 Å². The molecular formula is C53H86O22. The van der Waals surface area contributed by atoms with Crippen molar-refractivity contribution in [2.45, 2.75) is 242 Å². The third-order valence-corrected chi connectivity index (χ3v) is 21.2. The topological polar surface area (TPSA) is 354 Å². The number of carboxylic acid groups (broad SMARTS) is 1. The van der Waals surface area contributed by atoms with Crippen molar-refractivity contribution in [3.63, 3.8) is 0 Å². The second kappa shape index (κ2) is 20.7. The highest BCUT2D eigenvalue weighted by molar-refractivity contribution is 5.73. The summed E-state index contributed by atoms with van der Waals surface area (Å²) in [6, 6.07) is 0. The number of aliphatic hydroxyl groups excluding tert-OH is 12. The molecule has 29 unspecified atom stereocenters. The number of carbonyl (C=O) groups is 1. The molecule has 13 N–H and O–H groups in total. The van der Waals surface area contributed by atoms with Gasteiger partial charge in [0.1, 0.15) is 79.4 Å². The van der Waals surface area contributed by atoms with Gasteiger partial charge in [-0.25, -0.2) is 4.79 Å². The lowest BCUT2D eigenvalue weighted by Crippen LogP contribution is -2.68. The summed E-state index contributed by atoms with van der Waals surface area (Å²) in [7, 11) is 0. The quantitative estimate of drug-likeness (QED) is 0.0887. The first-order valence-corrected chi connectivity index (χ1v) is 27.2. The van der Waals surface area contributed by atoms with Crippen molar-refractivity contribution in [3.05, 3.63) is 11.6 Å². The van der Waals surface area contributed by atoms with Gasteiger partial charge in [-0.1, -0.05) is 60.1 Å². The summed E-state index contributed by atoms with van der Waals surface area (Å²) in [5.74, 6) is -1.46. The van der Waals surface area contributed by atoms with Crippen LogP contribution in [-0.4, -0.2) is 221 Å². The first-order valence-electron chi connectivity index (χ1n) is 27.2. The van der Waals surface area contributed by atoms with Gasteiger partial charge in [-0.3, -0.25) is 0 Å². The molecule has 430 valence electrons. The summed E-state index contributed by atoms with van der Waals surface area (Å²) in [6.07, 6.45) is -23.7. The first-order chi connectivity index (χ1) is 35.0. The Balaban J connectivity index is 0.979. The van der Waals surface area contributed by atoms with Crippen LogP contribution in [-0.2, 0) is 42.7 Å². The number of hydrogen-bond acceptors (Lipinski definition) is 21. The van der Waals surface area contributed by atoms with Gasteiger partial charge in [0.15, 0.2) is 31.3 Å². The molecule has 0 amide bonds. The molecule has 0 bridgehead atoms.